The highest BCUT2D eigenvalue weighted by atomic mass is 13.9. The van der Waals surface area contributed by atoms with Crippen molar-refractivity contribution in [1.82, 2.24) is 0 Å². The molecule has 0 N–H and O–H groups in total. The minimum Gasteiger partial charge on any atom is -0.0623 e. The number of rotatable bonds is 1. The van der Waals surface area contributed by atoms with Gasteiger partial charge in [-0.15, -0.1) is 0 Å². The summed E-state index contributed by atoms with van der Waals surface area (Å²) in [5.41, 5.74) is 4.07. The number of benzene rings is 3. The Hall–Kier alpha value is -2.34. The Kier molecular flexibility index (Phi) is 9.12. The normalized spacial score (nSPS) is 8.86. The Morgan fingerprint density at radius 3 is 1.09 bits per heavy atom. The first kappa shape index (κ1) is 17.7. The second-order valence-electron chi connectivity index (χ2n) is 5.15. The molecule has 0 radical (unpaired) electrons. The summed E-state index contributed by atoms with van der Waals surface area (Å²) in [6.45, 7) is 6.36. The van der Waals surface area contributed by atoms with Gasteiger partial charge in [-0.05, 0) is 25.8 Å². The van der Waals surface area contributed by atoms with Gasteiger partial charge in [0.05, 0.1) is 0 Å². The zero-order valence-electron chi connectivity index (χ0n) is 13.9. The minimum absolute atomic E-state index is 1.14. The maximum absolute atomic E-state index is 2.16. The highest BCUT2D eigenvalue weighted by Crippen LogP contribution is 1.99. The van der Waals surface area contributed by atoms with Crippen LogP contribution in [0.1, 0.15) is 23.6 Å². The van der Waals surface area contributed by atoms with Gasteiger partial charge in [0, 0.05) is 0 Å². The molecule has 0 aromatic heterocycles. The first-order chi connectivity index (χ1) is 10.7. The van der Waals surface area contributed by atoms with Crippen molar-refractivity contribution in [2.45, 2.75) is 27.2 Å². The van der Waals surface area contributed by atoms with Crippen molar-refractivity contribution in [2.24, 2.45) is 0 Å². The maximum atomic E-state index is 2.16. The standard InChI is InChI=1S/2C8H10.C6H6/c1-7-3-5-8(2)6-4-7;1-2-8-6-4-3-5-7-8;1-2-4-6-5-3-1/h3-6H,1-2H3;3-7H,2H2,1H3;1-6H. The zero-order chi connectivity index (χ0) is 16.0. The van der Waals surface area contributed by atoms with Crippen LogP contribution in [0.5, 0.6) is 0 Å². The summed E-state index contributed by atoms with van der Waals surface area (Å²) in [4.78, 5) is 0. The van der Waals surface area contributed by atoms with E-state index in [2.05, 4.69) is 69.3 Å². The van der Waals surface area contributed by atoms with Crippen molar-refractivity contribution in [3.8, 4) is 0 Å². The third kappa shape index (κ3) is 8.76. The van der Waals surface area contributed by atoms with Crippen LogP contribution in [0.4, 0.5) is 0 Å². The third-order valence-corrected chi connectivity index (χ3v) is 3.14. The minimum atomic E-state index is 1.14. The maximum Gasteiger partial charge on any atom is -0.0307 e. The van der Waals surface area contributed by atoms with Crippen LogP contribution >= 0.6 is 0 Å². The summed E-state index contributed by atoms with van der Waals surface area (Å²) in [6, 6.07) is 30.9. The van der Waals surface area contributed by atoms with Crippen LogP contribution in [0.2, 0.25) is 0 Å². The van der Waals surface area contributed by atoms with E-state index in [0.29, 0.717) is 0 Å². The van der Waals surface area contributed by atoms with E-state index in [1.54, 1.807) is 0 Å². The predicted molar refractivity (Wildman–Crippen MR) is 98.2 cm³/mol. The average Bonchev–Trinajstić information content (AvgIpc) is 2.61. The fraction of sp³-hybridized carbons (Fsp3) is 0.182. The van der Waals surface area contributed by atoms with Crippen molar-refractivity contribution >= 4 is 0 Å². The van der Waals surface area contributed by atoms with E-state index in [0.717, 1.165) is 6.42 Å². The highest BCUT2D eigenvalue weighted by molar-refractivity contribution is 5.19. The molecular formula is C22H26. The molecule has 0 fully saturated rings. The Morgan fingerprint density at radius 1 is 0.500 bits per heavy atom. The van der Waals surface area contributed by atoms with E-state index in [4.69, 9.17) is 0 Å². The first-order valence-electron chi connectivity index (χ1n) is 7.79. The summed E-state index contributed by atoms with van der Waals surface area (Å²) >= 11 is 0. The molecule has 0 saturated heterocycles. The summed E-state index contributed by atoms with van der Waals surface area (Å²) in [7, 11) is 0. The van der Waals surface area contributed by atoms with Gasteiger partial charge in [-0.2, -0.15) is 0 Å². The largest absolute Gasteiger partial charge is 0.0623 e. The topological polar surface area (TPSA) is 0 Å². The molecule has 0 saturated carbocycles. The lowest BCUT2D eigenvalue weighted by atomic mass is 10.2. The molecule has 114 valence electrons. The van der Waals surface area contributed by atoms with Crippen LogP contribution in [-0.4, -0.2) is 0 Å². The Balaban J connectivity index is 0.000000167. The van der Waals surface area contributed by atoms with E-state index >= 15 is 0 Å². The van der Waals surface area contributed by atoms with Crippen molar-refractivity contribution in [2.75, 3.05) is 0 Å². The van der Waals surface area contributed by atoms with Gasteiger partial charge in [0.1, 0.15) is 0 Å². The summed E-state index contributed by atoms with van der Waals surface area (Å²) in [6.07, 6.45) is 1.14. The number of hydrogen-bond donors (Lipinski definition) is 0. The van der Waals surface area contributed by atoms with Crippen LogP contribution in [0.25, 0.3) is 0 Å². The van der Waals surface area contributed by atoms with Gasteiger partial charge in [-0.3, -0.25) is 0 Å². The molecule has 0 aliphatic carbocycles. The Bertz CT molecular complexity index is 532. The molecule has 3 aromatic carbocycles. The van der Waals surface area contributed by atoms with Gasteiger partial charge in [0.15, 0.2) is 0 Å². The molecule has 0 heterocycles. The molecule has 22 heavy (non-hydrogen) atoms. The van der Waals surface area contributed by atoms with E-state index in [-0.39, 0.29) is 0 Å². The average molecular weight is 290 g/mol. The van der Waals surface area contributed by atoms with Gasteiger partial charge in [-0.1, -0.05) is 109 Å². The van der Waals surface area contributed by atoms with Gasteiger partial charge >= 0.3 is 0 Å². The van der Waals surface area contributed by atoms with Crippen molar-refractivity contribution in [3.05, 3.63) is 108 Å². The monoisotopic (exact) mass is 290 g/mol. The summed E-state index contributed by atoms with van der Waals surface area (Å²) < 4.78 is 0. The fourth-order valence-corrected chi connectivity index (χ4v) is 1.74. The molecule has 0 aliphatic heterocycles. The number of hydrogen-bond acceptors (Lipinski definition) is 0. The van der Waals surface area contributed by atoms with Crippen LogP contribution in [0.3, 0.4) is 0 Å². The van der Waals surface area contributed by atoms with E-state index in [9.17, 15) is 0 Å². The molecule has 3 aromatic rings. The van der Waals surface area contributed by atoms with Crippen LogP contribution in [0, 0.1) is 13.8 Å². The molecule has 3 rings (SSSR count). The van der Waals surface area contributed by atoms with E-state index in [1.165, 1.54) is 16.7 Å². The van der Waals surface area contributed by atoms with Crippen molar-refractivity contribution in [3.63, 3.8) is 0 Å². The lowest BCUT2D eigenvalue weighted by Gasteiger charge is -1.90. The van der Waals surface area contributed by atoms with Gasteiger partial charge in [0.2, 0.25) is 0 Å². The van der Waals surface area contributed by atoms with Crippen molar-refractivity contribution < 1.29 is 0 Å². The van der Waals surface area contributed by atoms with Gasteiger partial charge < -0.3 is 0 Å². The van der Waals surface area contributed by atoms with Crippen LogP contribution in [-0.2, 0) is 6.42 Å². The SMILES string of the molecule is CCc1ccccc1.Cc1ccc(C)cc1.c1ccccc1. The first-order valence-corrected chi connectivity index (χ1v) is 7.79. The van der Waals surface area contributed by atoms with Gasteiger partial charge in [0.25, 0.3) is 0 Å². The molecule has 0 unspecified atom stereocenters. The lowest BCUT2D eigenvalue weighted by Crippen LogP contribution is -1.73. The third-order valence-electron chi connectivity index (χ3n) is 3.14. The van der Waals surface area contributed by atoms with E-state index in [1.807, 2.05) is 42.5 Å². The second kappa shape index (κ2) is 11.3. The van der Waals surface area contributed by atoms with E-state index < -0.39 is 0 Å². The molecule has 0 nitrogen and oxygen atoms in total. The van der Waals surface area contributed by atoms with Gasteiger partial charge in [-0.25, -0.2) is 0 Å². The smallest absolute Gasteiger partial charge is 0.0307 e. The molecule has 0 aliphatic rings. The van der Waals surface area contributed by atoms with Crippen LogP contribution in [0.15, 0.2) is 91.0 Å². The molecular weight excluding hydrogens is 264 g/mol. The summed E-state index contributed by atoms with van der Waals surface area (Å²) in [5.74, 6) is 0. The second-order valence-corrected chi connectivity index (χ2v) is 5.15. The summed E-state index contributed by atoms with van der Waals surface area (Å²) in [5, 5.41) is 0. The zero-order valence-corrected chi connectivity index (χ0v) is 13.9. The molecule has 0 atom stereocenters. The number of aryl methyl sites for hydroxylation is 3. The quantitative estimate of drug-likeness (QED) is 0.497. The predicted octanol–water partition coefficient (Wildman–Crippen LogP) is 6.24. The highest BCUT2D eigenvalue weighted by Gasteiger charge is 1.80. The fourth-order valence-electron chi connectivity index (χ4n) is 1.74. The molecule has 0 spiro atoms. The molecule has 0 amide bonds. The van der Waals surface area contributed by atoms with Crippen molar-refractivity contribution in [1.29, 1.82) is 0 Å². The molecule has 0 bridgehead atoms. The Labute approximate surface area is 135 Å². The molecule has 0 heteroatoms. The lowest BCUT2D eigenvalue weighted by molar-refractivity contribution is 1.14. The van der Waals surface area contributed by atoms with Crippen LogP contribution < -0.4 is 0 Å². The Morgan fingerprint density at radius 2 is 0.818 bits per heavy atom.